The van der Waals surface area contributed by atoms with Crippen LogP contribution in [0.1, 0.15) is 68.8 Å². The lowest BCUT2D eigenvalue weighted by atomic mass is 9.94. The van der Waals surface area contributed by atoms with E-state index in [-0.39, 0.29) is 18.1 Å². The van der Waals surface area contributed by atoms with Gasteiger partial charge in [0.1, 0.15) is 5.60 Å². The molecule has 1 aromatic rings. The molecule has 0 saturated heterocycles. The molecular formula is C20H29NO4. The molecule has 0 spiro atoms. The van der Waals surface area contributed by atoms with Crippen molar-refractivity contribution in [3.63, 3.8) is 0 Å². The molecule has 1 aliphatic rings. The number of esters is 1. The summed E-state index contributed by atoms with van der Waals surface area (Å²) in [5.41, 5.74) is 0.968. The van der Waals surface area contributed by atoms with Gasteiger partial charge in [0.2, 0.25) is 0 Å². The fourth-order valence-electron chi connectivity index (χ4n) is 3.12. The van der Waals surface area contributed by atoms with Gasteiger partial charge in [-0.3, -0.25) is 0 Å². The summed E-state index contributed by atoms with van der Waals surface area (Å²) >= 11 is 0. The van der Waals surface area contributed by atoms with Crippen molar-refractivity contribution in [2.24, 2.45) is 0 Å². The van der Waals surface area contributed by atoms with Gasteiger partial charge in [0, 0.05) is 12.6 Å². The summed E-state index contributed by atoms with van der Waals surface area (Å²) in [5.74, 6) is -0.358. The highest BCUT2D eigenvalue weighted by atomic mass is 16.6. The Morgan fingerprint density at radius 3 is 2.20 bits per heavy atom. The molecule has 1 fully saturated rings. The normalized spacial score (nSPS) is 15.5. The number of hydrogen-bond acceptors (Lipinski definition) is 4. The molecule has 138 valence electrons. The lowest BCUT2D eigenvalue weighted by Gasteiger charge is -2.35. The molecule has 0 heterocycles. The standard InChI is InChI=1S/C20H29NO4/c1-20(2,3)25-19(23)21(17-8-6-5-7-9-17)14-15-10-12-16(13-11-15)18(22)24-4/h10-13,17H,5-9,14H2,1-4H3. The minimum absolute atomic E-state index is 0.212. The third-order valence-electron chi connectivity index (χ3n) is 4.37. The molecule has 0 aromatic heterocycles. The SMILES string of the molecule is COC(=O)c1ccc(CN(C(=O)OC(C)(C)C)C2CCCCC2)cc1. The maximum Gasteiger partial charge on any atom is 0.410 e. The highest BCUT2D eigenvalue weighted by molar-refractivity contribution is 5.89. The summed E-state index contributed by atoms with van der Waals surface area (Å²) in [6, 6.07) is 7.41. The number of rotatable bonds is 4. The van der Waals surface area contributed by atoms with Crippen molar-refractivity contribution >= 4 is 12.1 Å². The summed E-state index contributed by atoms with van der Waals surface area (Å²) in [6.45, 7) is 6.14. The molecule has 0 N–H and O–H groups in total. The Labute approximate surface area is 150 Å². The van der Waals surface area contributed by atoms with Gasteiger partial charge >= 0.3 is 12.1 Å². The zero-order valence-corrected chi connectivity index (χ0v) is 15.7. The first-order valence-corrected chi connectivity index (χ1v) is 8.97. The van der Waals surface area contributed by atoms with E-state index in [1.165, 1.54) is 13.5 Å². The number of benzene rings is 1. The van der Waals surface area contributed by atoms with Gasteiger partial charge in [-0.05, 0) is 51.3 Å². The van der Waals surface area contributed by atoms with Gasteiger partial charge in [-0.25, -0.2) is 9.59 Å². The minimum atomic E-state index is -0.515. The van der Waals surface area contributed by atoms with Crippen LogP contribution in [0.15, 0.2) is 24.3 Å². The van der Waals surface area contributed by atoms with Crippen LogP contribution >= 0.6 is 0 Å². The summed E-state index contributed by atoms with van der Waals surface area (Å²) in [5, 5.41) is 0. The first-order valence-electron chi connectivity index (χ1n) is 8.97. The molecule has 1 amide bonds. The monoisotopic (exact) mass is 347 g/mol. The molecule has 0 bridgehead atoms. The second-order valence-corrected chi connectivity index (χ2v) is 7.59. The van der Waals surface area contributed by atoms with Gasteiger partial charge in [0.25, 0.3) is 0 Å². The molecule has 5 heteroatoms. The van der Waals surface area contributed by atoms with Gasteiger partial charge in [0.05, 0.1) is 12.7 Å². The molecule has 25 heavy (non-hydrogen) atoms. The predicted molar refractivity (Wildman–Crippen MR) is 96.4 cm³/mol. The second-order valence-electron chi connectivity index (χ2n) is 7.59. The average molecular weight is 347 g/mol. The van der Waals surface area contributed by atoms with Crippen LogP contribution < -0.4 is 0 Å². The Balaban J connectivity index is 2.14. The third kappa shape index (κ3) is 5.76. The molecule has 5 nitrogen and oxygen atoms in total. The van der Waals surface area contributed by atoms with Crippen LogP contribution in [0.4, 0.5) is 4.79 Å². The molecule has 1 saturated carbocycles. The van der Waals surface area contributed by atoms with E-state index < -0.39 is 5.60 Å². The summed E-state index contributed by atoms with van der Waals surface area (Å²) in [4.78, 5) is 26.1. The molecule has 1 aliphatic carbocycles. The molecule has 2 rings (SSSR count). The first-order chi connectivity index (χ1) is 11.8. The number of amides is 1. The van der Waals surface area contributed by atoms with Gasteiger partial charge < -0.3 is 14.4 Å². The van der Waals surface area contributed by atoms with Crippen LogP contribution in [0.25, 0.3) is 0 Å². The van der Waals surface area contributed by atoms with E-state index >= 15 is 0 Å². The number of nitrogens with zero attached hydrogens (tertiary/aromatic N) is 1. The average Bonchev–Trinajstić information content (AvgIpc) is 2.58. The fourth-order valence-corrected chi connectivity index (χ4v) is 3.12. The van der Waals surface area contributed by atoms with Crippen molar-refractivity contribution in [3.8, 4) is 0 Å². The Kier molecular flexibility index (Phi) is 6.45. The quantitative estimate of drug-likeness (QED) is 0.750. The highest BCUT2D eigenvalue weighted by Gasteiger charge is 2.29. The number of carbonyl (C=O) groups excluding carboxylic acids is 2. The molecule has 0 unspecified atom stereocenters. The van der Waals surface area contributed by atoms with Crippen LogP contribution in [0.3, 0.4) is 0 Å². The summed E-state index contributed by atoms with van der Waals surface area (Å²) in [7, 11) is 1.36. The third-order valence-corrected chi connectivity index (χ3v) is 4.37. The van der Waals surface area contributed by atoms with E-state index in [1.54, 1.807) is 12.1 Å². The Morgan fingerprint density at radius 1 is 1.08 bits per heavy atom. The van der Waals surface area contributed by atoms with E-state index in [4.69, 9.17) is 9.47 Å². The Bertz CT molecular complexity index is 583. The van der Waals surface area contributed by atoms with Crippen molar-refractivity contribution in [3.05, 3.63) is 35.4 Å². The van der Waals surface area contributed by atoms with Gasteiger partial charge in [-0.1, -0.05) is 31.4 Å². The van der Waals surface area contributed by atoms with Gasteiger partial charge in [-0.2, -0.15) is 0 Å². The zero-order valence-electron chi connectivity index (χ0n) is 15.7. The number of methoxy groups -OCH3 is 1. The van der Waals surface area contributed by atoms with E-state index in [9.17, 15) is 9.59 Å². The summed E-state index contributed by atoms with van der Waals surface area (Å²) < 4.78 is 10.3. The van der Waals surface area contributed by atoms with Crippen molar-refractivity contribution in [1.29, 1.82) is 0 Å². The van der Waals surface area contributed by atoms with Gasteiger partial charge in [0.15, 0.2) is 0 Å². The van der Waals surface area contributed by atoms with Gasteiger partial charge in [-0.15, -0.1) is 0 Å². The zero-order chi connectivity index (χ0) is 18.4. The molecule has 0 atom stereocenters. The molecule has 1 aromatic carbocycles. The van der Waals surface area contributed by atoms with Crippen LogP contribution in [0, 0.1) is 0 Å². The molecule has 0 radical (unpaired) electrons. The number of carbonyl (C=O) groups is 2. The van der Waals surface area contributed by atoms with Crippen LogP contribution in [0.5, 0.6) is 0 Å². The van der Waals surface area contributed by atoms with Crippen LogP contribution in [0.2, 0.25) is 0 Å². The van der Waals surface area contributed by atoms with Crippen LogP contribution in [-0.4, -0.2) is 35.7 Å². The number of ether oxygens (including phenoxy) is 2. The maximum absolute atomic E-state index is 12.7. The second kappa shape index (κ2) is 8.37. The van der Waals surface area contributed by atoms with E-state index in [1.807, 2.05) is 37.8 Å². The van der Waals surface area contributed by atoms with Crippen molar-refractivity contribution in [2.75, 3.05) is 7.11 Å². The van der Waals surface area contributed by atoms with E-state index in [2.05, 4.69) is 0 Å². The van der Waals surface area contributed by atoms with E-state index in [0.29, 0.717) is 12.1 Å². The predicted octanol–water partition coefficient (Wildman–Crippen LogP) is 4.54. The Morgan fingerprint density at radius 2 is 1.68 bits per heavy atom. The topological polar surface area (TPSA) is 55.8 Å². The first kappa shape index (κ1) is 19.3. The number of hydrogen-bond donors (Lipinski definition) is 0. The molecular weight excluding hydrogens is 318 g/mol. The van der Waals surface area contributed by atoms with Crippen LogP contribution in [-0.2, 0) is 16.0 Å². The molecule has 0 aliphatic heterocycles. The van der Waals surface area contributed by atoms with Crippen molar-refractivity contribution < 1.29 is 19.1 Å². The van der Waals surface area contributed by atoms with Crippen molar-refractivity contribution in [2.45, 2.75) is 71.1 Å². The lowest BCUT2D eigenvalue weighted by molar-refractivity contribution is 0.00985. The minimum Gasteiger partial charge on any atom is -0.465 e. The highest BCUT2D eigenvalue weighted by Crippen LogP contribution is 2.26. The lowest BCUT2D eigenvalue weighted by Crippen LogP contribution is -2.43. The Hall–Kier alpha value is -2.04. The largest absolute Gasteiger partial charge is 0.465 e. The smallest absolute Gasteiger partial charge is 0.410 e. The van der Waals surface area contributed by atoms with E-state index in [0.717, 1.165) is 31.2 Å². The maximum atomic E-state index is 12.7. The summed E-state index contributed by atoms with van der Waals surface area (Å²) in [6.07, 6.45) is 5.28. The fraction of sp³-hybridized carbons (Fsp3) is 0.600. The van der Waals surface area contributed by atoms with Crippen molar-refractivity contribution in [1.82, 2.24) is 4.90 Å².